The van der Waals surface area contributed by atoms with Crippen molar-refractivity contribution in [1.29, 1.82) is 5.26 Å². The van der Waals surface area contributed by atoms with E-state index < -0.39 is 15.5 Å². The van der Waals surface area contributed by atoms with E-state index in [1.807, 2.05) is 45.0 Å². The highest BCUT2D eigenvalue weighted by Gasteiger charge is 2.65. The summed E-state index contributed by atoms with van der Waals surface area (Å²) >= 11 is 1.18. The van der Waals surface area contributed by atoms with E-state index in [1.54, 1.807) is 12.2 Å². The first kappa shape index (κ1) is 21.8. The summed E-state index contributed by atoms with van der Waals surface area (Å²) in [6.07, 6.45) is 5.24. The fourth-order valence-corrected chi connectivity index (χ4v) is 7.55. The number of nitrogens with zero attached hydrogens (tertiary/aromatic N) is 2. The first-order valence-electron chi connectivity index (χ1n) is 10.2. The number of ketones is 1. The number of carbonyl (C=O) groups excluding carboxylic acids is 1. The van der Waals surface area contributed by atoms with Gasteiger partial charge in [0.1, 0.15) is 22.6 Å². The van der Waals surface area contributed by atoms with Gasteiger partial charge in [-0.2, -0.15) is 13.7 Å². The Labute approximate surface area is 187 Å². The molecule has 4 rings (SSSR count). The van der Waals surface area contributed by atoms with Crippen LogP contribution in [-0.2, 0) is 19.2 Å². The molecule has 2 fully saturated rings. The lowest BCUT2D eigenvalue weighted by Gasteiger charge is -2.35. The van der Waals surface area contributed by atoms with E-state index in [0.29, 0.717) is 28.4 Å². The minimum absolute atomic E-state index is 0.0193. The number of carbonyl (C=O) groups is 1. The van der Waals surface area contributed by atoms with Crippen LogP contribution in [0, 0.1) is 35.0 Å². The molecule has 1 aromatic rings. The van der Waals surface area contributed by atoms with Gasteiger partial charge in [0.05, 0.1) is 11.0 Å². The molecule has 2 unspecified atom stereocenters. The minimum Gasteiger partial charge on any atom is -0.299 e. The summed E-state index contributed by atoms with van der Waals surface area (Å²) in [5.41, 5.74) is 1.05. The molecule has 1 aliphatic heterocycles. The first-order valence-corrected chi connectivity index (χ1v) is 12.6. The fraction of sp³-hybridized carbons (Fsp3) is 0.435. The summed E-state index contributed by atoms with van der Waals surface area (Å²) in [5.74, 6) is -0.0951. The predicted octanol–water partition coefficient (Wildman–Crippen LogP) is 4.59. The molecule has 2 bridgehead atoms. The van der Waals surface area contributed by atoms with Gasteiger partial charge in [0.15, 0.2) is 0 Å². The Balaban J connectivity index is 1.51. The zero-order chi connectivity index (χ0) is 22.4. The molecule has 2 aliphatic carbocycles. The Morgan fingerprint density at radius 3 is 2.68 bits per heavy atom. The summed E-state index contributed by atoms with van der Waals surface area (Å²) in [7, 11) is -4.04. The maximum atomic E-state index is 12.7. The number of allylic oxidation sites excluding steroid dienone is 2. The zero-order valence-corrected chi connectivity index (χ0v) is 19.3. The number of aryl methyl sites for hydroxylation is 1. The van der Waals surface area contributed by atoms with E-state index in [9.17, 15) is 18.5 Å². The standard InChI is InChI=1S/C23H24N2O4S2/c1-15-6-4-5-7-17(15)18(13-24)19-8-9-21(30-19)25-29-31(27,28)14-23-11-10-16(12-20(23)26)22(23,2)3/h4-9,16H,10-12,14H2,1-3H3. The lowest BCUT2D eigenvalue weighted by atomic mass is 9.70. The topological polar surface area (TPSA) is 96.6 Å². The molecule has 2 atom stereocenters. The van der Waals surface area contributed by atoms with Crippen LogP contribution in [0.2, 0.25) is 0 Å². The molecule has 2 saturated carbocycles. The maximum absolute atomic E-state index is 12.7. The van der Waals surface area contributed by atoms with Gasteiger partial charge < -0.3 is 0 Å². The normalized spacial score (nSPS) is 29.4. The number of thioether (sulfide) groups is 1. The summed E-state index contributed by atoms with van der Waals surface area (Å²) in [6.45, 7) is 5.90. The summed E-state index contributed by atoms with van der Waals surface area (Å²) in [4.78, 5) is 13.3. The van der Waals surface area contributed by atoms with Gasteiger partial charge in [-0.3, -0.25) is 9.08 Å². The van der Waals surface area contributed by atoms with Crippen LogP contribution >= 0.6 is 11.8 Å². The Kier molecular flexibility index (Phi) is 5.39. The average molecular weight is 457 g/mol. The predicted molar refractivity (Wildman–Crippen MR) is 121 cm³/mol. The number of benzene rings is 1. The maximum Gasteiger partial charge on any atom is 0.329 e. The number of fused-ring (bicyclic) bond motifs is 2. The molecule has 31 heavy (non-hydrogen) atoms. The Morgan fingerprint density at radius 2 is 2.06 bits per heavy atom. The highest BCUT2D eigenvalue weighted by molar-refractivity contribution is 8.18. The number of Topliss-reactive ketones (excluding diaryl/α,β-unsaturated/α-hetero) is 1. The van der Waals surface area contributed by atoms with E-state index in [4.69, 9.17) is 4.28 Å². The number of nitriles is 1. The van der Waals surface area contributed by atoms with Crippen molar-refractivity contribution in [2.75, 3.05) is 5.75 Å². The van der Waals surface area contributed by atoms with Crippen LogP contribution in [0.3, 0.4) is 0 Å². The van der Waals surface area contributed by atoms with Gasteiger partial charge in [0, 0.05) is 11.3 Å². The molecular weight excluding hydrogens is 432 g/mol. The molecule has 6 nitrogen and oxygen atoms in total. The summed E-state index contributed by atoms with van der Waals surface area (Å²) in [6, 6.07) is 9.81. The second-order valence-electron chi connectivity index (χ2n) is 8.97. The van der Waals surface area contributed by atoms with Gasteiger partial charge in [-0.1, -0.05) is 55.0 Å². The molecule has 162 valence electrons. The molecule has 0 N–H and O–H groups in total. The van der Waals surface area contributed by atoms with E-state index in [2.05, 4.69) is 11.2 Å². The number of hydrogen-bond donors (Lipinski definition) is 0. The third kappa shape index (κ3) is 3.64. The largest absolute Gasteiger partial charge is 0.329 e. The molecule has 0 aromatic heterocycles. The molecule has 8 heteroatoms. The van der Waals surface area contributed by atoms with Gasteiger partial charge in [-0.05, 0) is 54.4 Å². The highest BCUT2D eigenvalue weighted by Crippen LogP contribution is 2.64. The molecule has 0 amide bonds. The van der Waals surface area contributed by atoms with Gasteiger partial charge in [0.2, 0.25) is 0 Å². The Hall–Kier alpha value is -2.37. The van der Waals surface area contributed by atoms with Crippen LogP contribution in [-0.4, -0.2) is 25.0 Å². The zero-order valence-electron chi connectivity index (χ0n) is 17.7. The number of oxime groups is 1. The smallest absolute Gasteiger partial charge is 0.299 e. The van der Waals surface area contributed by atoms with E-state index >= 15 is 0 Å². The third-order valence-corrected chi connectivity index (χ3v) is 9.30. The van der Waals surface area contributed by atoms with Gasteiger partial charge in [-0.15, -0.1) is 0 Å². The SMILES string of the molecule is Cc1ccccc1C(C#N)=C1C=CC(=NOS(=O)(=O)CC23CCC(CC2=O)C3(C)C)S1. The van der Waals surface area contributed by atoms with Gasteiger partial charge in [-0.25, -0.2) is 0 Å². The first-order chi connectivity index (χ1) is 14.6. The molecular formula is C23H24N2O4S2. The minimum atomic E-state index is -4.04. The fourth-order valence-electron chi connectivity index (χ4n) is 5.14. The van der Waals surface area contributed by atoms with Crippen LogP contribution in [0.4, 0.5) is 0 Å². The van der Waals surface area contributed by atoms with Crippen molar-refractivity contribution < 1.29 is 17.5 Å². The van der Waals surface area contributed by atoms with E-state index in [-0.39, 0.29) is 22.9 Å². The molecule has 3 aliphatic rings. The number of hydrogen-bond acceptors (Lipinski definition) is 7. The van der Waals surface area contributed by atoms with E-state index in [1.165, 1.54) is 11.8 Å². The van der Waals surface area contributed by atoms with Crippen molar-refractivity contribution in [3.05, 3.63) is 52.4 Å². The van der Waals surface area contributed by atoms with Gasteiger partial charge in [0.25, 0.3) is 0 Å². The Morgan fingerprint density at radius 1 is 1.32 bits per heavy atom. The van der Waals surface area contributed by atoms with Crippen LogP contribution in [0.15, 0.2) is 46.5 Å². The van der Waals surface area contributed by atoms with E-state index in [0.717, 1.165) is 17.5 Å². The average Bonchev–Trinajstić information content (AvgIpc) is 3.32. The summed E-state index contributed by atoms with van der Waals surface area (Å²) < 4.78 is 30.4. The van der Waals surface area contributed by atoms with Crippen molar-refractivity contribution in [3.8, 4) is 6.07 Å². The van der Waals surface area contributed by atoms with Crippen LogP contribution in [0.1, 0.15) is 44.2 Å². The molecule has 1 heterocycles. The van der Waals surface area contributed by atoms with Crippen molar-refractivity contribution in [1.82, 2.24) is 0 Å². The third-order valence-electron chi connectivity index (χ3n) is 7.17. The molecule has 0 radical (unpaired) electrons. The Bertz CT molecular complexity index is 1190. The second-order valence-corrected chi connectivity index (χ2v) is 11.6. The summed E-state index contributed by atoms with van der Waals surface area (Å²) in [5, 5.41) is 13.8. The highest BCUT2D eigenvalue weighted by atomic mass is 32.2. The van der Waals surface area contributed by atoms with Crippen molar-refractivity contribution in [2.24, 2.45) is 21.9 Å². The van der Waals surface area contributed by atoms with Gasteiger partial charge >= 0.3 is 10.1 Å². The monoisotopic (exact) mass is 456 g/mol. The molecule has 0 saturated heterocycles. The quantitative estimate of drug-likeness (QED) is 0.475. The van der Waals surface area contributed by atoms with Crippen LogP contribution < -0.4 is 0 Å². The van der Waals surface area contributed by atoms with Crippen molar-refractivity contribution in [2.45, 2.75) is 40.0 Å². The molecule has 0 spiro atoms. The molecule has 1 aromatic carbocycles. The second kappa shape index (κ2) is 7.64. The lowest BCUT2D eigenvalue weighted by Crippen LogP contribution is -2.42. The lowest BCUT2D eigenvalue weighted by molar-refractivity contribution is -0.128. The van der Waals surface area contributed by atoms with Crippen molar-refractivity contribution in [3.63, 3.8) is 0 Å². The van der Waals surface area contributed by atoms with Crippen LogP contribution in [0.5, 0.6) is 0 Å². The van der Waals surface area contributed by atoms with Crippen molar-refractivity contribution >= 4 is 38.3 Å². The van der Waals surface area contributed by atoms with Crippen LogP contribution in [0.25, 0.3) is 5.57 Å². The number of rotatable bonds is 5.